The quantitative estimate of drug-likeness (QED) is 0.809. The molecule has 0 aromatic heterocycles. The van der Waals surface area contributed by atoms with Crippen LogP contribution in [0.4, 0.5) is 5.69 Å². The Labute approximate surface area is 101 Å². The van der Waals surface area contributed by atoms with Gasteiger partial charge in [0.2, 0.25) is 5.91 Å². The molecule has 0 spiro atoms. The van der Waals surface area contributed by atoms with Crippen molar-refractivity contribution in [3.8, 4) is 0 Å². The van der Waals surface area contributed by atoms with E-state index in [1.807, 2.05) is 6.07 Å². The van der Waals surface area contributed by atoms with E-state index in [4.69, 9.17) is 0 Å². The minimum Gasteiger partial charge on any atom is -0.325 e. The molecule has 0 unspecified atom stereocenters. The molecule has 1 N–H and O–H groups in total. The Morgan fingerprint density at radius 2 is 2.00 bits per heavy atom. The summed E-state index contributed by atoms with van der Waals surface area (Å²) in [5.41, 5.74) is 1.21. The van der Waals surface area contributed by atoms with Crippen LogP contribution >= 0.6 is 0 Å². The minimum atomic E-state index is -0.0236. The van der Waals surface area contributed by atoms with Crippen LogP contribution in [-0.4, -0.2) is 11.7 Å². The molecular weight excluding hydrogens is 214 g/mol. The highest BCUT2D eigenvalue weighted by Gasteiger charge is 2.21. The lowest BCUT2D eigenvalue weighted by atomic mass is 9.83. The van der Waals surface area contributed by atoms with Gasteiger partial charge in [-0.3, -0.25) is 9.59 Å². The van der Waals surface area contributed by atoms with E-state index in [-0.39, 0.29) is 11.7 Å². The summed E-state index contributed by atoms with van der Waals surface area (Å²) >= 11 is 0. The average molecular weight is 231 g/mol. The number of hydrogen-bond donors (Lipinski definition) is 1. The number of benzene rings is 1. The molecule has 0 heterocycles. The van der Waals surface area contributed by atoms with E-state index in [0.29, 0.717) is 23.6 Å². The van der Waals surface area contributed by atoms with Gasteiger partial charge in [0.25, 0.3) is 0 Å². The lowest BCUT2D eigenvalue weighted by Crippen LogP contribution is -2.21. The fourth-order valence-electron chi connectivity index (χ4n) is 2.06. The zero-order chi connectivity index (χ0) is 12.3. The second-order valence-electron chi connectivity index (χ2n) is 4.65. The summed E-state index contributed by atoms with van der Waals surface area (Å²) in [6.07, 6.45) is 4.12. The fraction of sp³-hybridized carbons (Fsp3) is 0.429. The molecule has 1 aliphatic rings. The number of para-hydroxylation sites is 1. The van der Waals surface area contributed by atoms with Gasteiger partial charge in [-0.2, -0.15) is 0 Å². The maximum Gasteiger partial charge on any atom is 0.224 e. The molecule has 1 saturated carbocycles. The van der Waals surface area contributed by atoms with Gasteiger partial charge < -0.3 is 5.32 Å². The van der Waals surface area contributed by atoms with Crippen molar-refractivity contribution in [2.75, 3.05) is 5.32 Å². The van der Waals surface area contributed by atoms with Crippen LogP contribution in [0.1, 0.15) is 43.0 Å². The second kappa shape index (κ2) is 5.13. The Morgan fingerprint density at radius 1 is 1.29 bits per heavy atom. The third-order valence-corrected chi connectivity index (χ3v) is 3.28. The van der Waals surface area contributed by atoms with Crippen LogP contribution in [0.2, 0.25) is 0 Å². The highest BCUT2D eigenvalue weighted by Crippen LogP contribution is 2.29. The van der Waals surface area contributed by atoms with Crippen LogP contribution in [0.25, 0.3) is 0 Å². The number of ketones is 1. The fourth-order valence-corrected chi connectivity index (χ4v) is 2.06. The number of Topliss-reactive ketones (excluding diaryl/α,β-unsaturated/α-hetero) is 1. The number of hydrogen-bond acceptors (Lipinski definition) is 2. The summed E-state index contributed by atoms with van der Waals surface area (Å²) in [5.74, 6) is 0.535. The largest absolute Gasteiger partial charge is 0.325 e. The van der Waals surface area contributed by atoms with Crippen molar-refractivity contribution in [3.05, 3.63) is 29.8 Å². The van der Waals surface area contributed by atoms with E-state index in [1.165, 1.54) is 13.3 Å². The van der Waals surface area contributed by atoms with E-state index >= 15 is 0 Å². The van der Waals surface area contributed by atoms with E-state index in [0.717, 1.165) is 12.8 Å². The number of anilines is 1. The first-order valence-corrected chi connectivity index (χ1v) is 6.06. The lowest BCUT2D eigenvalue weighted by molar-refractivity contribution is -0.117. The number of carbonyl (C=O) groups is 2. The summed E-state index contributed by atoms with van der Waals surface area (Å²) in [5, 5.41) is 2.83. The molecule has 0 bridgehead atoms. The van der Waals surface area contributed by atoms with Crippen LogP contribution < -0.4 is 5.32 Å². The standard InChI is InChI=1S/C14H17NO2/c1-10(16)12-7-2-3-8-13(12)15-14(17)9-11-5-4-6-11/h2-3,7-8,11H,4-6,9H2,1H3,(H,15,17). The van der Waals surface area contributed by atoms with Crippen molar-refractivity contribution in [3.63, 3.8) is 0 Å². The zero-order valence-corrected chi connectivity index (χ0v) is 10.0. The molecule has 0 aliphatic heterocycles. The number of amides is 1. The molecule has 90 valence electrons. The Morgan fingerprint density at radius 3 is 2.59 bits per heavy atom. The first kappa shape index (κ1) is 11.8. The lowest BCUT2D eigenvalue weighted by Gasteiger charge is -2.24. The number of rotatable bonds is 4. The van der Waals surface area contributed by atoms with Crippen LogP contribution in [-0.2, 0) is 4.79 Å². The topological polar surface area (TPSA) is 46.2 Å². The van der Waals surface area contributed by atoms with E-state index in [1.54, 1.807) is 18.2 Å². The molecule has 1 aromatic rings. The van der Waals surface area contributed by atoms with Gasteiger partial charge in [0, 0.05) is 12.0 Å². The van der Waals surface area contributed by atoms with Crippen molar-refractivity contribution in [2.45, 2.75) is 32.6 Å². The molecule has 0 saturated heterocycles. The van der Waals surface area contributed by atoms with Gasteiger partial charge in [0.15, 0.2) is 5.78 Å². The Hall–Kier alpha value is -1.64. The molecule has 0 radical (unpaired) electrons. The van der Waals surface area contributed by atoms with Crippen LogP contribution in [0.3, 0.4) is 0 Å². The van der Waals surface area contributed by atoms with Gasteiger partial charge in [-0.1, -0.05) is 18.6 Å². The Balaban J connectivity index is 2.01. The Kier molecular flexibility index (Phi) is 3.57. The van der Waals surface area contributed by atoms with Crippen molar-refractivity contribution in [2.24, 2.45) is 5.92 Å². The van der Waals surface area contributed by atoms with E-state index in [9.17, 15) is 9.59 Å². The van der Waals surface area contributed by atoms with Gasteiger partial charge >= 0.3 is 0 Å². The third kappa shape index (κ3) is 2.93. The van der Waals surface area contributed by atoms with Crippen LogP contribution in [0, 0.1) is 5.92 Å². The van der Waals surface area contributed by atoms with Crippen molar-refractivity contribution >= 4 is 17.4 Å². The van der Waals surface area contributed by atoms with Gasteiger partial charge in [0.1, 0.15) is 0 Å². The first-order chi connectivity index (χ1) is 8.16. The van der Waals surface area contributed by atoms with Crippen LogP contribution in [0.5, 0.6) is 0 Å². The summed E-state index contributed by atoms with van der Waals surface area (Å²) in [4.78, 5) is 23.2. The predicted molar refractivity (Wildman–Crippen MR) is 67.0 cm³/mol. The number of carbonyl (C=O) groups excluding carboxylic acids is 2. The summed E-state index contributed by atoms with van der Waals surface area (Å²) in [6, 6.07) is 7.14. The minimum absolute atomic E-state index is 0.0170. The Bertz CT molecular complexity index is 436. The van der Waals surface area contributed by atoms with Gasteiger partial charge in [0.05, 0.1) is 5.69 Å². The SMILES string of the molecule is CC(=O)c1ccccc1NC(=O)CC1CCC1. The molecule has 17 heavy (non-hydrogen) atoms. The summed E-state index contributed by atoms with van der Waals surface area (Å²) < 4.78 is 0. The maximum atomic E-state index is 11.8. The van der Waals surface area contributed by atoms with Crippen molar-refractivity contribution in [1.29, 1.82) is 0 Å². The molecule has 3 nitrogen and oxygen atoms in total. The first-order valence-electron chi connectivity index (χ1n) is 6.06. The van der Waals surface area contributed by atoms with Gasteiger partial charge in [-0.15, -0.1) is 0 Å². The molecule has 1 aromatic carbocycles. The monoisotopic (exact) mass is 231 g/mol. The maximum absolute atomic E-state index is 11.8. The number of nitrogens with one attached hydrogen (secondary N) is 1. The molecular formula is C14H17NO2. The molecule has 1 fully saturated rings. The van der Waals surface area contributed by atoms with Crippen LogP contribution in [0.15, 0.2) is 24.3 Å². The highest BCUT2D eigenvalue weighted by atomic mass is 16.1. The normalized spacial score (nSPS) is 15.1. The second-order valence-corrected chi connectivity index (χ2v) is 4.65. The van der Waals surface area contributed by atoms with Crippen molar-refractivity contribution < 1.29 is 9.59 Å². The molecule has 1 amide bonds. The zero-order valence-electron chi connectivity index (χ0n) is 10.0. The molecule has 3 heteroatoms. The predicted octanol–water partition coefficient (Wildman–Crippen LogP) is 3.02. The highest BCUT2D eigenvalue weighted by molar-refractivity contribution is 6.03. The molecule has 0 atom stereocenters. The summed E-state index contributed by atoms with van der Waals surface area (Å²) in [7, 11) is 0. The van der Waals surface area contributed by atoms with Gasteiger partial charge in [-0.25, -0.2) is 0 Å². The molecule has 2 rings (SSSR count). The smallest absolute Gasteiger partial charge is 0.224 e. The molecule has 1 aliphatic carbocycles. The summed E-state index contributed by atoms with van der Waals surface area (Å²) in [6.45, 7) is 1.51. The van der Waals surface area contributed by atoms with E-state index < -0.39 is 0 Å². The van der Waals surface area contributed by atoms with Crippen molar-refractivity contribution in [1.82, 2.24) is 0 Å². The average Bonchev–Trinajstić information content (AvgIpc) is 2.24. The van der Waals surface area contributed by atoms with E-state index in [2.05, 4.69) is 5.32 Å². The third-order valence-electron chi connectivity index (χ3n) is 3.28. The van der Waals surface area contributed by atoms with Gasteiger partial charge in [-0.05, 0) is 37.8 Å².